The van der Waals surface area contributed by atoms with Gasteiger partial charge in [-0.05, 0) is 24.3 Å². The molecule has 0 bridgehead atoms. The number of para-hydroxylation sites is 2. The molecule has 2 aromatic carbocycles. The molecule has 4 rings (SSSR count). The highest BCUT2D eigenvalue weighted by molar-refractivity contribution is 6.62. The summed E-state index contributed by atoms with van der Waals surface area (Å²) in [6, 6.07) is 20.2. The number of hydrazone groups is 1. The third kappa shape index (κ3) is 1.97. The third-order valence-corrected chi connectivity index (χ3v) is 4.06. The second-order valence-corrected chi connectivity index (χ2v) is 5.48. The van der Waals surface area contributed by atoms with E-state index in [-0.39, 0.29) is 17.1 Å². The van der Waals surface area contributed by atoms with E-state index in [1.165, 1.54) is 6.07 Å². The lowest BCUT2D eigenvalue weighted by molar-refractivity contribution is -0.541. The van der Waals surface area contributed by atoms with Gasteiger partial charge in [0.1, 0.15) is 6.07 Å². The molecule has 1 aliphatic heterocycles. The Morgan fingerprint density at radius 3 is 2.42 bits per heavy atom. The first-order valence-electron chi connectivity index (χ1n) is 7.42. The van der Waals surface area contributed by atoms with Gasteiger partial charge in [0.2, 0.25) is 5.71 Å². The Kier molecular flexibility index (Phi) is 3.07. The lowest BCUT2D eigenvalue weighted by Crippen LogP contribution is -2.73. The minimum Gasteiger partial charge on any atom is -0.388 e. The van der Waals surface area contributed by atoms with Gasteiger partial charge in [0.25, 0.3) is 0 Å². The summed E-state index contributed by atoms with van der Waals surface area (Å²) >= 11 is 0. The van der Waals surface area contributed by atoms with Crippen LogP contribution in [0.4, 0.5) is 14.3 Å². The predicted molar refractivity (Wildman–Crippen MR) is 88.6 cm³/mol. The minimum absolute atomic E-state index is 0.0441. The predicted octanol–water partition coefficient (Wildman–Crippen LogP) is 3.10. The molecule has 0 amide bonds. The van der Waals surface area contributed by atoms with Crippen molar-refractivity contribution in [2.24, 2.45) is 5.10 Å². The standard InChI is InChI=1S/C17H11BF2N4/c19-18(20)23-16-9-5-4-6-13(16)10-11-17(23)15(12-21)22-24(18)14-7-2-1-3-8-14/h1-11H. The van der Waals surface area contributed by atoms with Gasteiger partial charge in [-0.1, -0.05) is 30.3 Å². The molecule has 1 aromatic heterocycles. The van der Waals surface area contributed by atoms with Crippen molar-refractivity contribution in [1.82, 2.24) is 0 Å². The lowest BCUT2D eigenvalue weighted by Gasteiger charge is -2.35. The zero-order valence-electron chi connectivity index (χ0n) is 12.5. The zero-order chi connectivity index (χ0) is 16.7. The second kappa shape index (κ2) is 5.13. The van der Waals surface area contributed by atoms with Crippen molar-refractivity contribution in [3.05, 3.63) is 72.4 Å². The molecule has 0 radical (unpaired) electrons. The quantitative estimate of drug-likeness (QED) is 0.647. The topological polar surface area (TPSA) is 43.3 Å². The fraction of sp³-hybridized carbons (Fsp3) is 0. The summed E-state index contributed by atoms with van der Waals surface area (Å²) in [4.78, 5) is 0.651. The van der Waals surface area contributed by atoms with Crippen LogP contribution in [0.25, 0.3) is 10.9 Å². The Hall–Kier alpha value is -3.27. The van der Waals surface area contributed by atoms with Crippen molar-refractivity contribution in [3.8, 4) is 6.07 Å². The minimum atomic E-state index is -4.23. The van der Waals surface area contributed by atoms with Crippen molar-refractivity contribution in [2.75, 3.05) is 4.92 Å². The van der Waals surface area contributed by atoms with E-state index in [1.54, 1.807) is 60.7 Å². The fourth-order valence-corrected chi connectivity index (χ4v) is 2.99. The number of rotatable bonds is 1. The monoisotopic (exact) mass is 320 g/mol. The van der Waals surface area contributed by atoms with Gasteiger partial charge in [-0.25, -0.2) is 0 Å². The molecular formula is C17H11BF2N4. The molecule has 0 spiro atoms. The Labute approximate surface area is 136 Å². The molecule has 0 unspecified atom stereocenters. The number of halogens is 2. The SMILES string of the molecule is N#CC1=NN(c2ccccc2)[B-](F)(F)[n+]2c1ccc1ccccc12. The largest absolute Gasteiger partial charge is 0.753 e. The van der Waals surface area contributed by atoms with E-state index in [0.717, 1.165) is 4.48 Å². The van der Waals surface area contributed by atoms with Crippen molar-refractivity contribution < 1.29 is 13.1 Å². The van der Waals surface area contributed by atoms with Crippen LogP contribution in [-0.2, 0) is 0 Å². The van der Waals surface area contributed by atoms with Crippen molar-refractivity contribution in [2.45, 2.75) is 0 Å². The number of hydrogen-bond acceptors (Lipinski definition) is 3. The van der Waals surface area contributed by atoms with E-state index in [9.17, 15) is 5.26 Å². The van der Waals surface area contributed by atoms with Gasteiger partial charge in [-0.15, -0.1) is 0 Å². The summed E-state index contributed by atoms with van der Waals surface area (Å²) in [5.74, 6) is 0. The van der Waals surface area contributed by atoms with E-state index in [0.29, 0.717) is 15.8 Å². The first kappa shape index (κ1) is 14.3. The maximum Gasteiger partial charge on any atom is 0.753 e. The van der Waals surface area contributed by atoms with Crippen LogP contribution in [0.5, 0.6) is 0 Å². The van der Waals surface area contributed by atoms with Crippen LogP contribution in [-0.4, -0.2) is 12.7 Å². The van der Waals surface area contributed by atoms with Crippen LogP contribution in [0.3, 0.4) is 0 Å². The van der Waals surface area contributed by atoms with Crippen molar-refractivity contribution in [1.29, 1.82) is 5.26 Å². The van der Waals surface area contributed by atoms with Gasteiger partial charge in [-0.3, -0.25) is 0 Å². The summed E-state index contributed by atoms with van der Waals surface area (Å²) in [6.45, 7) is -4.23. The number of pyridine rings is 1. The van der Waals surface area contributed by atoms with E-state index in [2.05, 4.69) is 5.10 Å². The van der Waals surface area contributed by atoms with Gasteiger partial charge in [0, 0.05) is 23.2 Å². The number of nitriles is 1. The van der Waals surface area contributed by atoms with Crippen LogP contribution in [0, 0.1) is 11.3 Å². The smallest absolute Gasteiger partial charge is 0.388 e. The Bertz CT molecular complexity index is 1010. The molecule has 0 aliphatic carbocycles. The van der Waals surface area contributed by atoms with Crippen LogP contribution in [0.15, 0.2) is 71.8 Å². The first-order chi connectivity index (χ1) is 11.6. The Balaban J connectivity index is 2.06. The molecule has 24 heavy (non-hydrogen) atoms. The number of nitrogens with zero attached hydrogens (tertiary/aromatic N) is 4. The highest BCUT2D eigenvalue weighted by atomic mass is 19.2. The first-order valence-corrected chi connectivity index (χ1v) is 7.42. The number of fused-ring (bicyclic) bond motifs is 3. The van der Waals surface area contributed by atoms with Crippen LogP contribution < -0.4 is 9.40 Å². The molecule has 0 saturated heterocycles. The van der Waals surface area contributed by atoms with Crippen molar-refractivity contribution >= 4 is 29.3 Å². The summed E-state index contributed by atoms with van der Waals surface area (Å²) in [7, 11) is 0. The highest BCUT2D eigenvalue weighted by Gasteiger charge is 2.54. The summed E-state index contributed by atoms with van der Waals surface area (Å²) in [5.41, 5.74) is 0.677. The van der Waals surface area contributed by atoms with Gasteiger partial charge in [-0.2, -0.15) is 10.4 Å². The molecule has 2 heterocycles. The average Bonchev–Trinajstić information content (AvgIpc) is 2.62. The summed E-state index contributed by atoms with van der Waals surface area (Å²) in [5, 5.41) is 14.0. The second-order valence-electron chi connectivity index (χ2n) is 5.48. The average molecular weight is 320 g/mol. The molecule has 0 N–H and O–H groups in total. The number of benzene rings is 2. The fourth-order valence-electron chi connectivity index (χ4n) is 2.99. The van der Waals surface area contributed by atoms with Crippen LogP contribution in [0.2, 0.25) is 0 Å². The molecule has 0 fully saturated rings. The maximum atomic E-state index is 15.3. The normalized spacial score (nSPS) is 15.5. The van der Waals surface area contributed by atoms with Gasteiger partial charge in [0.05, 0.1) is 0 Å². The molecule has 7 heteroatoms. The van der Waals surface area contributed by atoms with Crippen LogP contribution >= 0.6 is 0 Å². The molecular weight excluding hydrogens is 309 g/mol. The number of hydrogen-bond donors (Lipinski definition) is 0. The molecule has 0 atom stereocenters. The highest BCUT2D eigenvalue weighted by Crippen LogP contribution is 2.27. The molecule has 4 nitrogen and oxygen atoms in total. The van der Waals surface area contributed by atoms with E-state index in [4.69, 9.17) is 0 Å². The molecule has 3 aromatic rings. The Morgan fingerprint density at radius 1 is 0.958 bits per heavy atom. The van der Waals surface area contributed by atoms with Crippen molar-refractivity contribution in [3.63, 3.8) is 0 Å². The van der Waals surface area contributed by atoms with Crippen LogP contribution in [0.1, 0.15) is 5.69 Å². The summed E-state index contributed by atoms with van der Waals surface area (Å²) < 4.78 is 31.6. The van der Waals surface area contributed by atoms with Gasteiger partial charge < -0.3 is 18.0 Å². The van der Waals surface area contributed by atoms with E-state index in [1.807, 2.05) is 6.07 Å². The van der Waals surface area contributed by atoms with E-state index < -0.39 is 6.97 Å². The Morgan fingerprint density at radius 2 is 1.67 bits per heavy atom. The molecule has 116 valence electrons. The molecule has 1 aliphatic rings. The number of aromatic nitrogens is 1. The van der Waals surface area contributed by atoms with Gasteiger partial charge in [0.15, 0.2) is 11.2 Å². The van der Waals surface area contributed by atoms with E-state index >= 15 is 8.63 Å². The zero-order valence-corrected chi connectivity index (χ0v) is 12.5. The summed E-state index contributed by atoms with van der Waals surface area (Å²) in [6.07, 6.45) is 0. The number of anilines is 1. The lowest BCUT2D eigenvalue weighted by atomic mass is 9.89. The maximum absolute atomic E-state index is 15.3. The third-order valence-electron chi connectivity index (χ3n) is 4.06. The molecule has 0 saturated carbocycles. The van der Waals surface area contributed by atoms with Gasteiger partial charge >= 0.3 is 6.97 Å².